The van der Waals surface area contributed by atoms with Crippen LogP contribution in [0.25, 0.3) is 0 Å². The lowest BCUT2D eigenvalue weighted by Crippen LogP contribution is -2.10. The maximum atomic E-state index is 10.7. The van der Waals surface area contributed by atoms with Crippen molar-refractivity contribution in [3.8, 4) is 5.75 Å². The summed E-state index contributed by atoms with van der Waals surface area (Å²) in [5, 5.41) is 12.9. The van der Waals surface area contributed by atoms with Crippen molar-refractivity contribution in [2.24, 2.45) is 0 Å². The van der Waals surface area contributed by atoms with Crippen molar-refractivity contribution in [3.05, 3.63) is 46.2 Å². The van der Waals surface area contributed by atoms with Gasteiger partial charge in [-0.15, -0.1) is 0 Å². The van der Waals surface area contributed by atoms with Gasteiger partial charge in [0.1, 0.15) is 23.4 Å². The zero-order valence-corrected chi connectivity index (χ0v) is 11.9. The first-order valence-corrected chi connectivity index (χ1v) is 6.48. The molecular weight excluding hydrogens is 312 g/mol. The highest BCUT2D eigenvalue weighted by atomic mass is 79.9. The summed E-state index contributed by atoms with van der Waals surface area (Å²) < 4.78 is 7.60. The molecule has 1 aromatic heterocycles. The number of carboxylic acids is 1. The molecule has 6 heteroatoms. The van der Waals surface area contributed by atoms with Crippen molar-refractivity contribution >= 4 is 21.9 Å². The maximum Gasteiger partial charge on any atom is 0.325 e. The molecule has 5 nitrogen and oxygen atoms in total. The number of ether oxygens (including phenoxy) is 1. The first-order valence-electron chi connectivity index (χ1n) is 5.69. The predicted octanol–water partition coefficient (Wildman–Crippen LogP) is 2.62. The van der Waals surface area contributed by atoms with Crippen LogP contribution in [0.1, 0.15) is 11.3 Å². The van der Waals surface area contributed by atoms with Crippen molar-refractivity contribution < 1.29 is 14.6 Å². The van der Waals surface area contributed by atoms with Crippen LogP contribution < -0.4 is 4.74 Å². The van der Waals surface area contributed by atoms with Crippen LogP contribution in [0.3, 0.4) is 0 Å². The van der Waals surface area contributed by atoms with E-state index in [2.05, 4.69) is 21.0 Å². The summed E-state index contributed by atoms with van der Waals surface area (Å²) in [5.41, 5.74) is 1.70. The second-order valence-corrected chi connectivity index (χ2v) is 4.78. The average Bonchev–Trinajstić information content (AvgIpc) is 2.63. The Hall–Kier alpha value is -1.82. The SMILES string of the molecule is Cc1nn(CC(=O)O)c(Br)c1OCc1ccccc1. The minimum absolute atomic E-state index is 0.198. The van der Waals surface area contributed by atoms with Crippen LogP contribution in [0, 0.1) is 6.92 Å². The number of aromatic nitrogens is 2. The van der Waals surface area contributed by atoms with Gasteiger partial charge in [-0.05, 0) is 28.4 Å². The Morgan fingerprint density at radius 1 is 1.42 bits per heavy atom. The Kier molecular flexibility index (Phi) is 4.21. The lowest BCUT2D eigenvalue weighted by atomic mass is 10.2. The van der Waals surface area contributed by atoms with E-state index in [0.29, 0.717) is 22.7 Å². The lowest BCUT2D eigenvalue weighted by molar-refractivity contribution is -0.137. The molecule has 0 aliphatic heterocycles. The smallest absolute Gasteiger partial charge is 0.325 e. The van der Waals surface area contributed by atoms with Gasteiger partial charge in [0.2, 0.25) is 0 Å². The second kappa shape index (κ2) is 5.88. The van der Waals surface area contributed by atoms with Gasteiger partial charge < -0.3 is 9.84 Å². The monoisotopic (exact) mass is 324 g/mol. The molecule has 0 unspecified atom stereocenters. The molecule has 0 fully saturated rings. The van der Waals surface area contributed by atoms with E-state index < -0.39 is 5.97 Å². The molecule has 19 heavy (non-hydrogen) atoms. The van der Waals surface area contributed by atoms with Crippen LogP contribution in [-0.2, 0) is 17.9 Å². The van der Waals surface area contributed by atoms with E-state index in [-0.39, 0.29) is 6.54 Å². The number of aliphatic carboxylic acids is 1. The van der Waals surface area contributed by atoms with E-state index in [0.717, 1.165) is 5.56 Å². The standard InChI is InChI=1S/C13H13BrN2O3/c1-9-12(13(14)16(15-9)7-11(17)18)19-8-10-5-3-2-4-6-10/h2-6H,7-8H2,1H3,(H,17,18). The third-order valence-electron chi connectivity index (χ3n) is 2.52. The summed E-state index contributed by atoms with van der Waals surface area (Å²) in [7, 11) is 0. The summed E-state index contributed by atoms with van der Waals surface area (Å²) in [5.74, 6) is -0.372. The summed E-state index contributed by atoms with van der Waals surface area (Å²) in [4.78, 5) is 10.7. The van der Waals surface area contributed by atoms with Crippen LogP contribution in [0.4, 0.5) is 0 Å². The van der Waals surface area contributed by atoms with Gasteiger partial charge in [0.05, 0.1) is 0 Å². The molecular formula is C13H13BrN2O3. The van der Waals surface area contributed by atoms with Gasteiger partial charge in [0, 0.05) is 0 Å². The molecule has 0 aliphatic rings. The molecule has 0 amide bonds. The summed E-state index contributed by atoms with van der Waals surface area (Å²) in [6, 6.07) is 9.74. The minimum atomic E-state index is -0.946. The van der Waals surface area contributed by atoms with Gasteiger partial charge in [-0.3, -0.25) is 4.79 Å². The van der Waals surface area contributed by atoms with Crippen LogP contribution in [-0.4, -0.2) is 20.9 Å². The number of carbonyl (C=O) groups is 1. The second-order valence-electron chi connectivity index (χ2n) is 4.03. The average molecular weight is 325 g/mol. The van der Waals surface area contributed by atoms with Crippen molar-refractivity contribution in [3.63, 3.8) is 0 Å². The number of halogens is 1. The third kappa shape index (κ3) is 3.35. The highest BCUT2D eigenvalue weighted by molar-refractivity contribution is 9.10. The third-order valence-corrected chi connectivity index (χ3v) is 3.29. The largest absolute Gasteiger partial charge is 0.484 e. The van der Waals surface area contributed by atoms with Crippen molar-refractivity contribution in [2.45, 2.75) is 20.1 Å². The van der Waals surface area contributed by atoms with E-state index >= 15 is 0 Å². The van der Waals surface area contributed by atoms with E-state index in [1.54, 1.807) is 6.92 Å². The van der Waals surface area contributed by atoms with E-state index in [1.807, 2.05) is 30.3 Å². The van der Waals surface area contributed by atoms with Crippen LogP contribution in [0.5, 0.6) is 5.75 Å². The van der Waals surface area contributed by atoms with Crippen LogP contribution in [0.15, 0.2) is 34.9 Å². The van der Waals surface area contributed by atoms with Gasteiger partial charge in [-0.25, -0.2) is 4.68 Å². The lowest BCUT2D eigenvalue weighted by Gasteiger charge is -2.06. The van der Waals surface area contributed by atoms with Gasteiger partial charge in [0.15, 0.2) is 5.75 Å². The molecule has 2 rings (SSSR count). The summed E-state index contributed by atoms with van der Waals surface area (Å²) >= 11 is 3.32. The Morgan fingerprint density at radius 2 is 2.11 bits per heavy atom. The molecule has 0 saturated carbocycles. The molecule has 2 aromatic rings. The normalized spacial score (nSPS) is 10.4. The first-order chi connectivity index (χ1) is 9.08. The molecule has 1 aromatic carbocycles. The Morgan fingerprint density at radius 3 is 2.74 bits per heavy atom. The fourth-order valence-electron chi connectivity index (χ4n) is 1.66. The number of hydrogen-bond acceptors (Lipinski definition) is 3. The minimum Gasteiger partial charge on any atom is -0.484 e. The zero-order valence-electron chi connectivity index (χ0n) is 10.3. The molecule has 100 valence electrons. The van der Waals surface area contributed by atoms with Crippen LogP contribution >= 0.6 is 15.9 Å². The summed E-state index contributed by atoms with van der Waals surface area (Å²) in [6.07, 6.45) is 0. The van der Waals surface area contributed by atoms with Crippen LogP contribution in [0.2, 0.25) is 0 Å². The quantitative estimate of drug-likeness (QED) is 0.918. The molecule has 1 heterocycles. The zero-order chi connectivity index (χ0) is 13.8. The highest BCUT2D eigenvalue weighted by Gasteiger charge is 2.16. The fraction of sp³-hybridized carbons (Fsp3) is 0.231. The predicted molar refractivity (Wildman–Crippen MR) is 73.1 cm³/mol. The maximum absolute atomic E-state index is 10.7. The number of nitrogens with zero attached hydrogens (tertiary/aromatic N) is 2. The van der Waals surface area contributed by atoms with Gasteiger partial charge in [0.25, 0.3) is 0 Å². The Labute approximate surface area is 118 Å². The molecule has 0 atom stereocenters. The number of rotatable bonds is 5. The number of benzene rings is 1. The molecule has 0 aliphatic carbocycles. The molecule has 1 N–H and O–H groups in total. The first kappa shape index (κ1) is 13.6. The van der Waals surface area contributed by atoms with Gasteiger partial charge in [-0.2, -0.15) is 5.10 Å². The Bertz CT molecular complexity index is 581. The molecule has 0 radical (unpaired) electrons. The molecule has 0 bridgehead atoms. The number of hydrogen-bond donors (Lipinski definition) is 1. The van der Waals surface area contributed by atoms with Crippen molar-refractivity contribution in [1.29, 1.82) is 0 Å². The molecule has 0 saturated heterocycles. The Balaban J connectivity index is 2.12. The van der Waals surface area contributed by atoms with Gasteiger partial charge in [-0.1, -0.05) is 30.3 Å². The van der Waals surface area contributed by atoms with Crippen molar-refractivity contribution in [2.75, 3.05) is 0 Å². The summed E-state index contributed by atoms with van der Waals surface area (Å²) in [6.45, 7) is 2.00. The van der Waals surface area contributed by atoms with E-state index in [9.17, 15) is 4.79 Å². The molecule has 0 spiro atoms. The van der Waals surface area contributed by atoms with Crippen molar-refractivity contribution in [1.82, 2.24) is 9.78 Å². The highest BCUT2D eigenvalue weighted by Crippen LogP contribution is 2.29. The van der Waals surface area contributed by atoms with Gasteiger partial charge >= 0.3 is 5.97 Å². The topological polar surface area (TPSA) is 64.4 Å². The van der Waals surface area contributed by atoms with E-state index in [4.69, 9.17) is 9.84 Å². The van der Waals surface area contributed by atoms with E-state index in [1.165, 1.54) is 4.68 Å². The number of carboxylic acid groups (broad SMARTS) is 1. The fourth-order valence-corrected chi connectivity index (χ4v) is 2.27. The number of aryl methyl sites for hydroxylation is 1.